The molecular formula is C7H16N2O. The first-order valence-electron chi connectivity index (χ1n) is 3.33. The van der Waals surface area contributed by atoms with Crippen LogP contribution in [0, 0.1) is 0 Å². The molecule has 0 N–H and O–H groups in total. The van der Waals surface area contributed by atoms with Crippen LogP contribution in [-0.2, 0) is 4.79 Å². The number of carbonyl (C=O) groups is 1. The molecule has 0 bridgehead atoms. The van der Waals surface area contributed by atoms with Crippen molar-refractivity contribution < 1.29 is 4.79 Å². The summed E-state index contributed by atoms with van der Waals surface area (Å²) in [5.41, 5.74) is 0. The zero-order valence-electron chi connectivity index (χ0n) is 7.22. The van der Waals surface area contributed by atoms with E-state index in [0.717, 1.165) is 0 Å². The molecule has 0 aromatic heterocycles. The van der Waals surface area contributed by atoms with Crippen molar-refractivity contribution in [2.24, 2.45) is 0 Å². The van der Waals surface area contributed by atoms with E-state index in [-0.39, 0.29) is 5.78 Å². The summed E-state index contributed by atoms with van der Waals surface area (Å²) in [5.74, 6) is 0.259. The third-order valence-electron chi connectivity index (χ3n) is 0.985. The van der Waals surface area contributed by atoms with Gasteiger partial charge >= 0.3 is 0 Å². The molecular weight excluding hydrogens is 128 g/mol. The van der Waals surface area contributed by atoms with Crippen LogP contribution in [0.5, 0.6) is 0 Å². The van der Waals surface area contributed by atoms with Crippen LogP contribution >= 0.6 is 0 Å². The molecule has 0 amide bonds. The summed E-state index contributed by atoms with van der Waals surface area (Å²) in [6.07, 6.45) is 0. The lowest BCUT2D eigenvalue weighted by atomic mass is 10.3. The van der Waals surface area contributed by atoms with Crippen molar-refractivity contribution in [1.82, 2.24) is 9.80 Å². The Hall–Kier alpha value is -0.410. The molecule has 0 atom stereocenters. The summed E-state index contributed by atoms with van der Waals surface area (Å²) in [5, 5.41) is 0. The van der Waals surface area contributed by atoms with E-state index in [4.69, 9.17) is 0 Å². The van der Waals surface area contributed by atoms with Crippen molar-refractivity contribution in [3.8, 4) is 0 Å². The number of carbonyl (C=O) groups excluding carboxylic acids is 1. The summed E-state index contributed by atoms with van der Waals surface area (Å²) in [6.45, 7) is 1.08. The monoisotopic (exact) mass is 144 g/mol. The van der Waals surface area contributed by atoms with Crippen molar-refractivity contribution >= 4 is 5.78 Å². The number of hydrogen-bond donors (Lipinski definition) is 0. The van der Waals surface area contributed by atoms with Gasteiger partial charge in [0.25, 0.3) is 0 Å². The number of hydrogen-bond acceptors (Lipinski definition) is 3. The lowest BCUT2D eigenvalue weighted by Crippen LogP contribution is -2.30. The number of ketones is 1. The van der Waals surface area contributed by atoms with Gasteiger partial charge in [0.1, 0.15) is 0 Å². The van der Waals surface area contributed by atoms with Crippen LogP contribution < -0.4 is 0 Å². The van der Waals surface area contributed by atoms with E-state index in [1.54, 1.807) is 0 Å². The summed E-state index contributed by atoms with van der Waals surface area (Å²) in [7, 11) is 7.59. The molecule has 0 rings (SSSR count). The van der Waals surface area contributed by atoms with Gasteiger partial charge in [-0.15, -0.1) is 0 Å². The Kier molecular flexibility index (Phi) is 4.23. The van der Waals surface area contributed by atoms with Crippen LogP contribution in [0.2, 0.25) is 0 Å². The van der Waals surface area contributed by atoms with Crippen molar-refractivity contribution in [1.29, 1.82) is 0 Å². The predicted octanol–water partition coefficient (Wildman–Crippen LogP) is -0.321. The Bertz CT molecular complexity index is 98.2. The maximum absolute atomic E-state index is 11.0. The van der Waals surface area contributed by atoms with Gasteiger partial charge in [0, 0.05) is 0 Å². The molecule has 3 heteroatoms. The maximum atomic E-state index is 11.0. The molecule has 0 unspecified atom stereocenters. The van der Waals surface area contributed by atoms with E-state index >= 15 is 0 Å². The third kappa shape index (κ3) is 5.72. The second kappa shape index (κ2) is 4.41. The first-order chi connectivity index (χ1) is 4.52. The van der Waals surface area contributed by atoms with E-state index < -0.39 is 0 Å². The van der Waals surface area contributed by atoms with Crippen LogP contribution in [-0.4, -0.2) is 56.9 Å². The summed E-state index contributed by atoms with van der Waals surface area (Å²) in [6, 6.07) is 0. The molecule has 0 aliphatic heterocycles. The van der Waals surface area contributed by atoms with Gasteiger partial charge in [0.15, 0.2) is 5.78 Å². The van der Waals surface area contributed by atoms with Gasteiger partial charge in [0.2, 0.25) is 0 Å². The zero-order valence-corrected chi connectivity index (χ0v) is 7.22. The average Bonchev–Trinajstić information content (AvgIpc) is 1.58. The second-order valence-electron chi connectivity index (χ2n) is 3.01. The fraction of sp³-hybridized carbons (Fsp3) is 0.857. The van der Waals surface area contributed by atoms with Crippen molar-refractivity contribution in [2.75, 3.05) is 41.3 Å². The highest BCUT2D eigenvalue weighted by Gasteiger charge is 2.03. The Morgan fingerprint density at radius 3 is 1.50 bits per heavy atom. The number of rotatable bonds is 4. The van der Waals surface area contributed by atoms with Crippen LogP contribution in [0.15, 0.2) is 0 Å². The van der Waals surface area contributed by atoms with Crippen molar-refractivity contribution in [3.63, 3.8) is 0 Å². The van der Waals surface area contributed by atoms with E-state index in [9.17, 15) is 4.79 Å². The minimum Gasteiger partial charge on any atom is -0.302 e. The molecule has 0 aliphatic rings. The van der Waals surface area contributed by atoms with E-state index in [0.29, 0.717) is 13.1 Å². The molecule has 60 valence electrons. The van der Waals surface area contributed by atoms with Gasteiger partial charge < -0.3 is 9.80 Å². The Morgan fingerprint density at radius 2 is 1.30 bits per heavy atom. The molecule has 3 nitrogen and oxygen atoms in total. The predicted molar refractivity (Wildman–Crippen MR) is 42.1 cm³/mol. The first kappa shape index (κ1) is 9.59. The number of likely N-dealkylation sites (N-methyl/N-ethyl adjacent to an activating group) is 2. The molecule has 0 aromatic rings. The SMILES string of the molecule is CN(C)CC(=O)CN(C)C. The molecule has 0 spiro atoms. The lowest BCUT2D eigenvalue weighted by molar-refractivity contribution is -0.120. The first-order valence-corrected chi connectivity index (χ1v) is 3.33. The summed E-state index contributed by atoms with van der Waals surface area (Å²) >= 11 is 0. The zero-order chi connectivity index (χ0) is 8.15. The van der Waals surface area contributed by atoms with Crippen molar-refractivity contribution in [2.45, 2.75) is 0 Å². The standard InChI is InChI=1S/C7H16N2O/c1-8(2)5-7(10)6-9(3)4/h5-6H2,1-4H3. The fourth-order valence-electron chi connectivity index (χ4n) is 0.755. The van der Waals surface area contributed by atoms with Crippen LogP contribution in [0.1, 0.15) is 0 Å². The molecule has 0 fully saturated rings. The van der Waals surface area contributed by atoms with Crippen molar-refractivity contribution in [3.05, 3.63) is 0 Å². The highest BCUT2D eigenvalue weighted by atomic mass is 16.1. The van der Waals surface area contributed by atoms with Gasteiger partial charge in [-0.3, -0.25) is 4.79 Å². The Balaban J connectivity index is 3.44. The third-order valence-corrected chi connectivity index (χ3v) is 0.985. The highest BCUT2D eigenvalue weighted by molar-refractivity contribution is 5.82. The lowest BCUT2D eigenvalue weighted by Gasteiger charge is -2.11. The van der Waals surface area contributed by atoms with Gasteiger partial charge in [-0.25, -0.2) is 0 Å². The van der Waals surface area contributed by atoms with Crippen LogP contribution in [0.3, 0.4) is 0 Å². The van der Waals surface area contributed by atoms with Gasteiger partial charge in [-0.2, -0.15) is 0 Å². The molecule has 0 radical (unpaired) electrons. The van der Waals surface area contributed by atoms with E-state index in [1.807, 2.05) is 38.0 Å². The molecule has 0 aliphatic carbocycles. The van der Waals surface area contributed by atoms with Gasteiger partial charge in [-0.1, -0.05) is 0 Å². The van der Waals surface area contributed by atoms with Gasteiger partial charge in [-0.05, 0) is 28.2 Å². The Labute approximate surface area is 62.6 Å². The number of nitrogens with zero attached hydrogens (tertiary/aromatic N) is 2. The van der Waals surface area contributed by atoms with E-state index in [2.05, 4.69) is 0 Å². The smallest absolute Gasteiger partial charge is 0.160 e. The summed E-state index contributed by atoms with van der Waals surface area (Å²) < 4.78 is 0. The molecule has 0 saturated carbocycles. The minimum atomic E-state index is 0.259. The fourth-order valence-corrected chi connectivity index (χ4v) is 0.755. The highest BCUT2D eigenvalue weighted by Crippen LogP contribution is 1.80. The van der Waals surface area contributed by atoms with E-state index in [1.165, 1.54) is 0 Å². The largest absolute Gasteiger partial charge is 0.302 e. The van der Waals surface area contributed by atoms with Crippen LogP contribution in [0.25, 0.3) is 0 Å². The number of Topliss-reactive ketones (excluding diaryl/α,β-unsaturated/α-hetero) is 1. The molecule has 0 saturated heterocycles. The maximum Gasteiger partial charge on any atom is 0.160 e. The average molecular weight is 144 g/mol. The molecule has 0 heterocycles. The minimum absolute atomic E-state index is 0.259. The normalized spacial score (nSPS) is 11.0. The van der Waals surface area contributed by atoms with Gasteiger partial charge in [0.05, 0.1) is 13.1 Å². The molecule has 0 aromatic carbocycles. The Morgan fingerprint density at radius 1 is 1.00 bits per heavy atom. The quantitative estimate of drug-likeness (QED) is 0.540. The molecule has 10 heavy (non-hydrogen) atoms. The topological polar surface area (TPSA) is 23.6 Å². The second-order valence-corrected chi connectivity index (χ2v) is 3.01. The van der Waals surface area contributed by atoms with Crippen LogP contribution in [0.4, 0.5) is 0 Å². The summed E-state index contributed by atoms with van der Waals surface area (Å²) in [4.78, 5) is 14.7.